The molecule has 2 aromatic rings. The largest absolute Gasteiger partial charge is 0.370 e. The Bertz CT molecular complexity index is 807. The molecule has 4 nitrogen and oxygen atoms in total. The lowest BCUT2D eigenvalue weighted by Gasteiger charge is -2.29. The highest BCUT2D eigenvalue weighted by Gasteiger charge is 2.14. The van der Waals surface area contributed by atoms with Crippen LogP contribution in [-0.4, -0.2) is 24.1 Å². The number of benzene rings is 2. The first-order valence-corrected chi connectivity index (χ1v) is 9.24. The maximum Gasteiger partial charge on any atom is 0.257 e. The fourth-order valence-electron chi connectivity index (χ4n) is 2.91. The molecule has 0 bridgehead atoms. The summed E-state index contributed by atoms with van der Waals surface area (Å²) in [5.74, 6) is -0.802. The van der Waals surface area contributed by atoms with Gasteiger partial charge in [0.15, 0.2) is 5.11 Å². The zero-order valence-electron chi connectivity index (χ0n) is 14.1. The number of hydrogen-bond acceptors (Lipinski definition) is 3. The fraction of sp³-hybridized carbons (Fsp3) is 0.263. The predicted octanol–water partition coefficient (Wildman–Crippen LogP) is 4.60. The van der Waals surface area contributed by atoms with Crippen LogP contribution in [0.25, 0.3) is 0 Å². The van der Waals surface area contributed by atoms with E-state index in [9.17, 15) is 9.18 Å². The molecule has 1 heterocycles. The zero-order valence-corrected chi connectivity index (χ0v) is 15.7. The van der Waals surface area contributed by atoms with Gasteiger partial charge in [0.1, 0.15) is 5.82 Å². The van der Waals surface area contributed by atoms with E-state index in [1.807, 2.05) is 12.1 Å². The molecule has 1 fully saturated rings. The van der Waals surface area contributed by atoms with Crippen molar-refractivity contribution in [3.63, 3.8) is 0 Å². The highest BCUT2D eigenvalue weighted by molar-refractivity contribution is 7.80. The third-order valence-electron chi connectivity index (χ3n) is 4.24. The van der Waals surface area contributed by atoms with E-state index in [2.05, 4.69) is 15.5 Å². The Morgan fingerprint density at radius 3 is 2.42 bits per heavy atom. The lowest BCUT2D eigenvalue weighted by atomic mass is 10.1. The standard InChI is InChI=1S/C19H19ClFN3OS/c20-16-12-15(8-9-17(16)24-10-2-1-3-11-24)22-19(26)23-18(25)13-4-6-14(21)7-5-13/h4-9,12H,1-3,10-11H2,(H2,22,23,25,26). The first-order valence-electron chi connectivity index (χ1n) is 8.45. The Morgan fingerprint density at radius 1 is 1.08 bits per heavy atom. The van der Waals surface area contributed by atoms with Crippen LogP contribution in [0.15, 0.2) is 42.5 Å². The van der Waals surface area contributed by atoms with Gasteiger partial charge in [-0.25, -0.2) is 4.39 Å². The van der Waals surface area contributed by atoms with Crippen LogP contribution in [-0.2, 0) is 0 Å². The van der Waals surface area contributed by atoms with Crippen molar-refractivity contribution in [2.24, 2.45) is 0 Å². The van der Waals surface area contributed by atoms with Crippen molar-refractivity contribution in [3.05, 3.63) is 58.9 Å². The number of hydrogen-bond donors (Lipinski definition) is 2. The summed E-state index contributed by atoms with van der Waals surface area (Å²) in [4.78, 5) is 14.4. The van der Waals surface area contributed by atoms with Gasteiger partial charge in [-0.3, -0.25) is 10.1 Å². The summed E-state index contributed by atoms with van der Waals surface area (Å²) in [5, 5.41) is 6.31. The van der Waals surface area contributed by atoms with E-state index in [1.54, 1.807) is 6.07 Å². The van der Waals surface area contributed by atoms with Crippen LogP contribution in [0.3, 0.4) is 0 Å². The van der Waals surface area contributed by atoms with E-state index in [-0.39, 0.29) is 5.11 Å². The molecule has 1 aliphatic rings. The number of amides is 1. The van der Waals surface area contributed by atoms with Crippen LogP contribution in [0, 0.1) is 5.82 Å². The average Bonchev–Trinajstić information content (AvgIpc) is 2.63. The van der Waals surface area contributed by atoms with Crippen LogP contribution >= 0.6 is 23.8 Å². The highest BCUT2D eigenvalue weighted by Crippen LogP contribution is 2.30. The maximum atomic E-state index is 12.9. The number of nitrogens with zero attached hydrogens (tertiary/aromatic N) is 1. The number of carbonyl (C=O) groups excluding carboxylic acids is 1. The van der Waals surface area contributed by atoms with Crippen molar-refractivity contribution in [1.29, 1.82) is 0 Å². The van der Waals surface area contributed by atoms with Gasteiger partial charge in [0.05, 0.1) is 10.7 Å². The molecule has 0 aromatic heterocycles. The molecule has 0 radical (unpaired) electrons. The molecule has 1 saturated heterocycles. The molecule has 0 atom stereocenters. The average molecular weight is 392 g/mol. The van der Waals surface area contributed by atoms with Crippen molar-refractivity contribution in [2.75, 3.05) is 23.3 Å². The van der Waals surface area contributed by atoms with Gasteiger partial charge in [-0.15, -0.1) is 0 Å². The van der Waals surface area contributed by atoms with E-state index in [0.717, 1.165) is 18.8 Å². The van der Waals surface area contributed by atoms with Gasteiger partial charge >= 0.3 is 0 Å². The van der Waals surface area contributed by atoms with E-state index >= 15 is 0 Å². The van der Waals surface area contributed by atoms with Crippen molar-refractivity contribution < 1.29 is 9.18 Å². The molecule has 26 heavy (non-hydrogen) atoms. The number of carbonyl (C=O) groups is 1. The number of halogens is 2. The molecule has 2 aromatic carbocycles. The minimum absolute atomic E-state index is 0.154. The van der Waals surface area contributed by atoms with Gasteiger partial charge in [0, 0.05) is 24.3 Å². The van der Waals surface area contributed by atoms with Crippen LogP contribution in [0.2, 0.25) is 5.02 Å². The minimum Gasteiger partial charge on any atom is -0.370 e. The summed E-state index contributed by atoms with van der Waals surface area (Å²) < 4.78 is 12.9. The van der Waals surface area contributed by atoms with Crippen molar-refractivity contribution in [3.8, 4) is 0 Å². The molecule has 0 spiro atoms. The second kappa shape index (κ2) is 8.47. The number of piperidine rings is 1. The van der Waals surface area contributed by atoms with Crippen LogP contribution < -0.4 is 15.5 Å². The summed E-state index contributed by atoms with van der Waals surface area (Å²) in [7, 11) is 0. The predicted molar refractivity (Wildman–Crippen MR) is 108 cm³/mol. The topological polar surface area (TPSA) is 44.4 Å². The second-order valence-electron chi connectivity index (χ2n) is 6.13. The zero-order chi connectivity index (χ0) is 18.5. The van der Waals surface area contributed by atoms with Crippen molar-refractivity contribution in [1.82, 2.24) is 5.32 Å². The highest BCUT2D eigenvalue weighted by atomic mass is 35.5. The molecule has 2 N–H and O–H groups in total. The lowest BCUT2D eigenvalue weighted by Crippen LogP contribution is -2.34. The summed E-state index contributed by atoms with van der Waals surface area (Å²) in [6, 6.07) is 10.9. The molecular formula is C19H19ClFN3OS. The molecule has 1 amide bonds. The van der Waals surface area contributed by atoms with Crippen LogP contribution in [0.5, 0.6) is 0 Å². The summed E-state index contributed by atoms with van der Waals surface area (Å²) >= 11 is 11.6. The van der Waals surface area contributed by atoms with E-state index in [4.69, 9.17) is 23.8 Å². The van der Waals surface area contributed by atoms with Gasteiger partial charge in [-0.1, -0.05) is 11.6 Å². The van der Waals surface area contributed by atoms with Gasteiger partial charge < -0.3 is 10.2 Å². The molecular weight excluding hydrogens is 373 g/mol. The number of thiocarbonyl (C=S) groups is 1. The molecule has 3 rings (SSSR count). The summed E-state index contributed by atoms with van der Waals surface area (Å²) in [6.07, 6.45) is 3.61. The van der Waals surface area contributed by atoms with Crippen molar-refractivity contribution in [2.45, 2.75) is 19.3 Å². The smallest absolute Gasteiger partial charge is 0.257 e. The summed E-state index contributed by atoms with van der Waals surface area (Å²) in [5.41, 5.74) is 2.03. The Kier molecular flexibility index (Phi) is 6.06. The molecule has 7 heteroatoms. The molecule has 0 unspecified atom stereocenters. The quantitative estimate of drug-likeness (QED) is 0.751. The van der Waals surface area contributed by atoms with Crippen molar-refractivity contribution >= 4 is 46.2 Å². The minimum atomic E-state index is -0.404. The molecule has 0 aliphatic carbocycles. The van der Waals surface area contributed by atoms with Gasteiger partial charge in [-0.2, -0.15) is 0 Å². The Labute approximate surface area is 162 Å². The van der Waals surface area contributed by atoms with E-state index in [1.165, 1.54) is 43.5 Å². The molecule has 0 saturated carbocycles. The third-order valence-corrected chi connectivity index (χ3v) is 4.74. The number of nitrogens with one attached hydrogen (secondary N) is 2. The Hall–Kier alpha value is -2.18. The SMILES string of the molecule is O=C(NC(=S)Nc1ccc(N2CCCCC2)c(Cl)c1)c1ccc(F)cc1. The van der Waals surface area contributed by atoms with Gasteiger partial charge in [-0.05, 0) is 73.9 Å². The first kappa shape index (κ1) is 18.6. The first-order chi connectivity index (χ1) is 12.5. The second-order valence-corrected chi connectivity index (χ2v) is 6.94. The van der Waals surface area contributed by atoms with Crippen LogP contribution in [0.4, 0.5) is 15.8 Å². The van der Waals surface area contributed by atoms with Gasteiger partial charge in [0.25, 0.3) is 5.91 Å². The number of rotatable bonds is 3. The van der Waals surface area contributed by atoms with Crippen LogP contribution in [0.1, 0.15) is 29.6 Å². The fourth-order valence-corrected chi connectivity index (χ4v) is 3.43. The molecule has 136 valence electrons. The maximum absolute atomic E-state index is 12.9. The van der Waals surface area contributed by atoms with E-state index in [0.29, 0.717) is 16.3 Å². The Balaban J connectivity index is 1.61. The molecule has 1 aliphatic heterocycles. The monoisotopic (exact) mass is 391 g/mol. The lowest BCUT2D eigenvalue weighted by molar-refractivity contribution is 0.0977. The van der Waals surface area contributed by atoms with Gasteiger partial charge in [0.2, 0.25) is 0 Å². The number of anilines is 2. The normalized spacial score (nSPS) is 14.0. The third kappa shape index (κ3) is 4.71. The Morgan fingerprint density at radius 2 is 1.77 bits per heavy atom. The van der Waals surface area contributed by atoms with E-state index < -0.39 is 11.7 Å². The summed E-state index contributed by atoms with van der Waals surface area (Å²) in [6.45, 7) is 2.03.